The number of aryl methyl sites for hydroxylation is 2. The Morgan fingerprint density at radius 2 is 2.06 bits per heavy atom. The van der Waals surface area contributed by atoms with Crippen molar-refractivity contribution >= 4 is 16.5 Å². The maximum absolute atomic E-state index is 5.79. The van der Waals surface area contributed by atoms with Crippen LogP contribution in [0.5, 0.6) is 5.75 Å². The number of nitrogen functional groups attached to an aromatic ring is 1. The van der Waals surface area contributed by atoms with Crippen molar-refractivity contribution < 1.29 is 4.74 Å². The molecule has 2 rings (SSSR count). The first-order valence-electron chi connectivity index (χ1n) is 5.47. The molecule has 4 heteroatoms. The molecule has 0 aliphatic carbocycles. The molecule has 0 aliphatic rings. The molecule has 0 radical (unpaired) electrons. The molecule has 0 amide bonds. The lowest BCUT2D eigenvalue weighted by Gasteiger charge is -2.11. The van der Waals surface area contributed by atoms with Crippen LogP contribution in [-0.4, -0.2) is 4.98 Å². The molecule has 3 nitrogen and oxygen atoms in total. The highest BCUT2D eigenvalue weighted by Crippen LogP contribution is 2.24. The van der Waals surface area contributed by atoms with Crippen molar-refractivity contribution in [2.75, 3.05) is 5.73 Å². The van der Waals surface area contributed by atoms with Gasteiger partial charge in [0.15, 0.2) is 5.13 Å². The van der Waals surface area contributed by atoms with Crippen molar-refractivity contribution in [1.82, 2.24) is 4.98 Å². The molecular formula is C13H16N2OS. The van der Waals surface area contributed by atoms with Crippen molar-refractivity contribution in [2.45, 2.75) is 27.4 Å². The zero-order chi connectivity index (χ0) is 12.4. The third-order valence-electron chi connectivity index (χ3n) is 2.71. The number of hydrogen-bond donors (Lipinski definition) is 1. The molecule has 1 heterocycles. The molecule has 17 heavy (non-hydrogen) atoms. The van der Waals surface area contributed by atoms with Gasteiger partial charge in [-0.25, -0.2) is 4.98 Å². The predicted molar refractivity (Wildman–Crippen MR) is 71.5 cm³/mol. The van der Waals surface area contributed by atoms with Crippen molar-refractivity contribution in [3.8, 4) is 5.75 Å². The molecule has 90 valence electrons. The van der Waals surface area contributed by atoms with Crippen LogP contribution < -0.4 is 10.5 Å². The standard InChI is InChI=1S/C13H16N2OS/c1-8-4-9(2)10(3)12(5-8)16-6-11-7-17-13(14)15-11/h4-5,7H,6H2,1-3H3,(H2,14,15). The maximum Gasteiger partial charge on any atom is 0.180 e. The fourth-order valence-electron chi connectivity index (χ4n) is 1.69. The molecule has 0 saturated heterocycles. The van der Waals surface area contributed by atoms with Crippen LogP contribution in [0.25, 0.3) is 0 Å². The number of rotatable bonds is 3. The lowest BCUT2D eigenvalue weighted by molar-refractivity contribution is 0.300. The largest absolute Gasteiger partial charge is 0.487 e. The van der Waals surface area contributed by atoms with Gasteiger partial charge in [0.2, 0.25) is 0 Å². The highest BCUT2D eigenvalue weighted by atomic mass is 32.1. The molecule has 2 N–H and O–H groups in total. The monoisotopic (exact) mass is 248 g/mol. The minimum absolute atomic E-state index is 0.470. The second kappa shape index (κ2) is 4.75. The Morgan fingerprint density at radius 1 is 1.29 bits per heavy atom. The number of benzene rings is 1. The summed E-state index contributed by atoms with van der Waals surface area (Å²) in [5.74, 6) is 0.925. The van der Waals surface area contributed by atoms with E-state index in [1.807, 2.05) is 5.38 Å². The number of nitrogens with two attached hydrogens (primary N) is 1. The predicted octanol–water partition coefficient (Wildman–Crippen LogP) is 3.23. The van der Waals surface area contributed by atoms with Gasteiger partial charge in [-0.15, -0.1) is 11.3 Å². The van der Waals surface area contributed by atoms with E-state index in [1.165, 1.54) is 28.0 Å². The molecule has 0 bridgehead atoms. The average Bonchev–Trinajstić information content (AvgIpc) is 2.67. The molecule has 1 aromatic carbocycles. The Hall–Kier alpha value is -1.55. The minimum atomic E-state index is 0.470. The number of ether oxygens (including phenoxy) is 1. The number of anilines is 1. The summed E-state index contributed by atoms with van der Waals surface area (Å²) in [5, 5.41) is 2.51. The van der Waals surface area contributed by atoms with E-state index < -0.39 is 0 Å². The van der Waals surface area contributed by atoms with Crippen LogP contribution in [0.15, 0.2) is 17.5 Å². The van der Waals surface area contributed by atoms with E-state index in [1.54, 1.807) is 0 Å². The van der Waals surface area contributed by atoms with Crippen LogP contribution in [0, 0.1) is 20.8 Å². The summed E-state index contributed by atoms with van der Waals surface area (Å²) in [5.41, 5.74) is 10.1. The number of nitrogens with zero attached hydrogens (tertiary/aromatic N) is 1. The Bertz CT molecular complexity index is 534. The quantitative estimate of drug-likeness (QED) is 0.907. The summed E-state index contributed by atoms with van der Waals surface area (Å²) < 4.78 is 5.79. The molecule has 0 saturated carbocycles. The Kier molecular flexibility index (Phi) is 3.33. The number of aromatic nitrogens is 1. The second-order valence-electron chi connectivity index (χ2n) is 4.17. The van der Waals surface area contributed by atoms with Crippen LogP contribution in [0.3, 0.4) is 0 Å². The minimum Gasteiger partial charge on any atom is -0.487 e. The normalized spacial score (nSPS) is 10.5. The molecule has 0 atom stereocenters. The average molecular weight is 248 g/mol. The highest BCUT2D eigenvalue weighted by molar-refractivity contribution is 7.13. The molecule has 0 aliphatic heterocycles. The molecule has 0 unspecified atom stereocenters. The van der Waals surface area contributed by atoms with Crippen LogP contribution >= 0.6 is 11.3 Å². The van der Waals surface area contributed by atoms with Gasteiger partial charge in [-0.2, -0.15) is 0 Å². The molecular weight excluding hydrogens is 232 g/mol. The van der Waals surface area contributed by atoms with Crippen LogP contribution in [0.4, 0.5) is 5.13 Å². The van der Waals surface area contributed by atoms with E-state index in [9.17, 15) is 0 Å². The summed E-state index contributed by atoms with van der Waals surface area (Å²) >= 11 is 1.44. The van der Waals surface area contributed by atoms with Gasteiger partial charge in [0.25, 0.3) is 0 Å². The van der Waals surface area contributed by atoms with Gasteiger partial charge < -0.3 is 10.5 Å². The number of hydrogen-bond acceptors (Lipinski definition) is 4. The summed E-state index contributed by atoms with van der Waals surface area (Å²) in [6.45, 7) is 6.70. The lowest BCUT2D eigenvalue weighted by Crippen LogP contribution is -1.99. The van der Waals surface area contributed by atoms with Crippen LogP contribution in [-0.2, 0) is 6.61 Å². The fourth-order valence-corrected chi connectivity index (χ4v) is 2.24. The third-order valence-corrected chi connectivity index (χ3v) is 3.43. The van der Waals surface area contributed by atoms with Crippen LogP contribution in [0.1, 0.15) is 22.4 Å². The summed E-state index contributed by atoms with van der Waals surface area (Å²) in [7, 11) is 0. The Morgan fingerprint density at radius 3 is 2.71 bits per heavy atom. The zero-order valence-electron chi connectivity index (χ0n) is 10.3. The number of thiazole rings is 1. The first-order chi connectivity index (χ1) is 8.06. The molecule has 1 aromatic heterocycles. The molecule has 0 fully saturated rings. The van der Waals surface area contributed by atoms with Gasteiger partial charge in [-0.1, -0.05) is 6.07 Å². The Labute approximate surface area is 105 Å². The first kappa shape index (κ1) is 11.9. The zero-order valence-corrected chi connectivity index (χ0v) is 11.1. The second-order valence-corrected chi connectivity index (χ2v) is 5.06. The van der Waals surface area contributed by atoms with Crippen molar-refractivity contribution in [3.63, 3.8) is 0 Å². The van der Waals surface area contributed by atoms with Crippen molar-refractivity contribution in [2.24, 2.45) is 0 Å². The van der Waals surface area contributed by atoms with Gasteiger partial charge in [-0.05, 0) is 43.5 Å². The summed E-state index contributed by atoms with van der Waals surface area (Å²) in [4.78, 5) is 4.17. The first-order valence-corrected chi connectivity index (χ1v) is 6.35. The summed E-state index contributed by atoms with van der Waals surface area (Å²) in [6.07, 6.45) is 0. The molecule has 2 aromatic rings. The third kappa shape index (κ3) is 2.77. The Balaban J connectivity index is 2.14. The van der Waals surface area contributed by atoms with Gasteiger partial charge >= 0.3 is 0 Å². The lowest BCUT2D eigenvalue weighted by atomic mass is 10.1. The highest BCUT2D eigenvalue weighted by Gasteiger charge is 2.05. The topological polar surface area (TPSA) is 48.1 Å². The van der Waals surface area contributed by atoms with Crippen molar-refractivity contribution in [3.05, 3.63) is 39.9 Å². The van der Waals surface area contributed by atoms with E-state index in [0.717, 1.165) is 11.4 Å². The smallest absolute Gasteiger partial charge is 0.180 e. The van der Waals surface area contributed by atoms with Crippen LogP contribution in [0.2, 0.25) is 0 Å². The maximum atomic E-state index is 5.79. The van der Waals surface area contributed by atoms with Gasteiger partial charge in [-0.3, -0.25) is 0 Å². The van der Waals surface area contributed by atoms with E-state index >= 15 is 0 Å². The van der Waals surface area contributed by atoms with Gasteiger partial charge in [0.1, 0.15) is 12.4 Å². The molecule has 0 spiro atoms. The fraction of sp³-hybridized carbons (Fsp3) is 0.308. The van der Waals surface area contributed by atoms with Gasteiger partial charge in [0, 0.05) is 5.38 Å². The SMILES string of the molecule is Cc1cc(C)c(C)c(OCc2csc(N)n2)c1. The van der Waals surface area contributed by atoms with Gasteiger partial charge in [0.05, 0.1) is 5.69 Å². The van der Waals surface area contributed by atoms with E-state index in [2.05, 4.69) is 37.9 Å². The van der Waals surface area contributed by atoms with Crippen molar-refractivity contribution in [1.29, 1.82) is 0 Å². The van der Waals surface area contributed by atoms with E-state index in [4.69, 9.17) is 10.5 Å². The van der Waals surface area contributed by atoms with E-state index in [-0.39, 0.29) is 0 Å². The summed E-state index contributed by atoms with van der Waals surface area (Å²) in [6, 6.07) is 4.21. The van der Waals surface area contributed by atoms with E-state index in [0.29, 0.717) is 11.7 Å².